The van der Waals surface area contributed by atoms with Crippen molar-refractivity contribution >= 4 is 43.5 Å². The van der Waals surface area contributed by atoms with E-state index in [0.29, 0.717) is 33.2 Å². The molecule has 0 unspecified atom stereocenters. The summed E-state index contributed by atoms with van der Waals surface area (Å²) in [5.41, 5.74) is 3.35. The highest BCUT2D eigenvalue weighted by atomic mass is 32.2. The lowest BCUT2D eigenvalue weighted by molar-refractivity contribution is 0.0964. The molecule has 6 rings (SSSR count). The first kappa shape index (κ1) is 31.6. The summed E-state index contributed by atoms with van der Waals surface area (Å²) >= 11 is 0. The van der Waals surface area contributed by atoms with Crippen LogP contribution in [-0.2, 0) is 10.0 Å². The van der Waals surface area contributed by atoms with E-state index in [-0.39, 0.29) is 28.0 Å². The van der Waals surface area contributed by atoms with Crippen molar-refractivity contribution in [2.45, 2.75) is 13.0 Å². The summed E-state index contributed by atoms with van der Waals surface area (Å²) < 4.78 is 47.7. The lowest BCUT2D eigenvalue weighted by Gasteiger charge is -2.21. The van der Waals surface area contributed by atoms with Crippen molar-refractivity contribution in [3.63, 3.8) is 0 Å². The summed E-state index contributed by atoms with van der Waals surface area (Å²) in [5, 5.41) is 21.7. The maximum Gasteiger partial charge on any atom is 0.278 e. The van der Waals surface area contributed by atoms with Crippen molar-refractivity contribution in [3.8, 4) is 22.5 Å². The van der Waals surface area contributed by atoms with Gasteiger partial charge >= 0.3 is 0 Å². The first-order valence-corrected chi connectivity index (χ1v) is 16.4. The van der Waals surface area contributed by atoms with Crippen LogP contribution in [0.25, 0.3) is 44.3 Å². The van der Waals surface area contributed by atoms with Crippen LogP contribution in [-0.4, -0.2) is 61.4 Å². The highest BCUT2D eigenvalue weighted by molar-refractivity contribution is 7.92. The second-order valence-electron chi connectivity index (χ2n) is 11.2. The van der Waals surface area contributed by atoms with Crippen LogP contribution in [0.5, 0.6) is 0 Å². The van der Waals surface area contributed by atoms with Crippen molar-refractivity contribution in [1.29, 1.82) is 0 Å². The highest BCUT2D eigenvalue weighted by Crippen LogP contribution is 2.41. The van der Waals surface area contributed by atoms with Gasteiger partial charge in [-0.15, -0.1) is 5.10 Å². The number of aryl methyl sites for hydroxylation is 1. The van der Waals surface area contributed by atoms with Crippen molar-refractivity contribution in [2.24, 2.45) is 0 Å². The number of carbonyl (C=O) groups excluding carboxylic acids is 1. The molecule has 0 bridgehead atoms. The van der Waals surface area contributed by atoms with Gasteiger partial charge in [-0.2, -0.15) is 0 Å². The molecule has 0 aliphatic carbocycles. The van der Waals surface area contributed by atoms with E-state index >= 15 is 0 Å². The second kappa shape index (κ2) is 12.1. The number of sulfonamides is 1. The lowest BCUT2D eigenvalue weighted by atomic mass is 9.97. The summed E-state index contributed by atoms with van der Waals surface area (Å²) in [6.07, 6.45) is 1.05. The molecule has 1 atom stereocenters. The molecule has 6 aromatic rings. The molecule has 11 nitrogen and oxygen atoms in total. The Bertz CT molecular complexity index is 2330. The van der Waals surface area contributed by atoms with Gasteiger partial charge in [-0.25, -0.2) is 17.5 Å². The third-order valence-corrected chi connectivity index (χ3v) is 9.32. The van der Waals surface area contributed by atoms with Crippen LogP contribution >= 0.6 is 0 Å². The molecule has 0 saturated heterocycles. The molecule has 2 aromatic heterocycles. The Balaban J connectivity index is 1.60. The predicted molar refractivity (Wildman–Crippen MR) is 177 cm³/mol. The molecule has 4 aromatic carbocycles. The van der Waals surface area contributed by atoms with Gasteiger partial charge in [-0.1, -0.05) is 41.1 Å². The molecule has 0 saturated carbocycles. The number of hydrogen-bond donors (Lipinski definition) is 2. The van der Waals surface area contributed by atoms with E-state index in [0.717, 1.165) is 20.8 Å². The molecule has 13 heteroatoms. The third kappa shape index (κ3) is 5.75. The van der Waals surface area contributed by atoms with Gasteiger partial charge in [0.2, 0.25) is 10.0 Å². The molecular formula is C34H30FN5O6S. The van der Waals surface area contributed by atoms with Crippen molar-refractivity contribution in [1.82, 2.24) is 20.3 Å². The second-order valence-corrected chi connectivity index (χ2v) is 13.2. The van der Waals surface area contributed by atoms with Gasteiger partial charge in [0.05, 0.1) is 29.5 Å². The molecule has 2 heterocycles. The zero-order valence-corrected chi connectivity index (χ0v) is 26.7. The number of aliphatic hydroxyl groups excluding tert-OH is 1. The zero-order valence-electron chi connectivity index (χ0n) is 25.9. The van der Waals surface area contributed by atoms with Crippen molar-refractivity contribution in [2.75, 3.05) is 31.3 Å². The average molecular weight is 656 g/mol. The topological polar surface area (TPSA) is 148 Å². The van der Waals surface area contributed by atoms with Gasteiger partial charge in [-0.05, 0) is 60.5 Å². The summed E-state index contributed by atoms with van der Waals surface area (Å²) in [6, 6.07) is 20.0. The summed E-state index contributed by atoms with van der Waals surface area (Å²) in [5.74, 6) is -0.761. The standard InChI is InChI=1S/C34H30FN5O6S/c1-19-5-7-20(8-6-19)29(18-41)40-34(43)25-15-22(11-14-27(25)37-38-40)24-16-26-30(17-28(24)39(3)47(4,44)45)46-32(31(26)33(42)36-2)21-9-12-23(35)13-10-21/h5-17,29,41H,18H2,1-4H3,(H,36,42)/t29-/m1/s1. The number of amides is 1. The molecule has 2 N–H and O–H groups in total. The molecule has 1 amide bonds. The number of furan rings is 1. The monoisotopic (exact) mass is 655 g/mol. The van der Waals surface area contributed by atoms with Crippen LogP contribution in [0.15, 0.2) is 88.1 Å². The number of aliphatic hydroxyl groups is 1. The Morgan fingerprint density at radius 2 is 1.70 bits per heavy atom. The first-order valence-electron chi connectivity index (χ1n) is 14.5. The van der Waals surface area contributed by atoms with E-state index in [1.807, 2.05) is 31.2 Å². The average Bonchev–Trinajstić information content (AvgIpc) is 3.44. The zero-order chi connectivity index (χ0) is 33.6. The predicted octanol–water partition coefficient (Wildman–Crippen LogP) is 4.66. The number of fused-ring (bicyclic) bond motifs is 2. The van der Waals surface area contributed by atoms with Gasteiger partial charge in [0.25, 0.3) is 11.5 Å². The Hall–Kier alpha value is -5.40. The number of nitrogens with zero attached hydrogens (tertiary/aromatic N) is 4. The maximum absolute atomic E-state index is 13.9. The summed E-state index contributed by atoms with van der Waals surface area (Å²) in [7, 11) is -0.936. The van der Waals surface area contributed by atoms with Crippen LogP contribution in [0.3, 0.4) is 0 Å². The number of aromatic nitrogens is 3. The molecule has 0 spiro atoms. The Labute approximate surface area is 268 Å². The van der Waals surface area contributed by atoms with E-state index in [9.17, 15) is 27.5 Å². The minimum Gasteiger partial charge on any atom is -0.455 e. The Kier molecular flexibility index (Phi) is 8.12. The molecule has 240 valence electrons. The number of anilines is 1. The fraction of sp³-hybridized carbons (Fsp3) is 0.176. The number of halogens is 1. The quantitative estimate of drug-likeness (QED) is 0.241. The van der Waals surface area contributed by atoms with E-state index in [2.05, 4.69) is 15.6 Å². The molecule has 0 aliphatic heterocycles. The number of carbonyl (C=O) groups is 1. The molecule has 0 fully saturated rings. The fourth-order valence-electron chi connectivity index (χ4n) is 5.50. The van der Waals surface area contributed by atoms with Gasteiger partial charge < -0.3 is 14.8 Å². The van der Waals surface area contributed by atoms with Gasteiger partial charge in [0.15, 0.2) is 0 Å². The SMILES string of the molecule is CNC(=O)c1c(-c2ccc(F)cc2)oc2cc(N(C)S(C)(=O)=O)c(-c3ccc4nnn([C@H](CO)c5ccc(C)cc5)c(=O)c4c3)cc12. The van der Waals surface area contributed by atoms with Crippen LogP contribution < -0.4 is 15.2 Å². The fourth-order valence-corrected chi connectivity index (χ4v) is 6.00. The number of rotatable bonds is 8. The van der Waals surface area contributed by atoms with Crippen LogP contribution in [0.4, 0.5) is 10.1 Å². The normalized spacial score (nSPS) is 12.4. The number of benzene rings is 4. The van der Waals surface area contributed by atoms with Crippen LogP contribution in [0.2, 0.25) is 0 Å². The molecule has 0 aliphatic rings. The largest absolute Gasteiger partial charge is 0.455 e. The minimum absolute atomic E-state index is 0.168. The van der Waals surface area contributed by atoms with Gasteiger partial charge in [-0.3, -0.25) is 13.9 Å². The Morgan fingerprint density at radius 1 is 1.02 bits per heavy atom. The van der Waals surface area contributed by atoms with Crippen LogP contribution in [0, 0.1) is 12.7 Å². The van der Waals surface area contributed by atoms with E-state index in [4.69, 9.17) is 4.42 Å². The summed E-state index contributed by atoms with van der Waals surface area (Å²) in [6.45, 7) is 1.53. The third-order valence-electron chi connectivity index (χ3n) is 8.13. The Morgan fingerprint density at radius 3 is 2.34 bits per heavy atom. The van der Waals surface area contributed by atoms with Crippen molar-refractivity contribution < 1.29 is 27.1 Å². The van der Waals surface area contributed by atoms with Crippen LogP contribution in [0.1, 0.15) is 27.5 Å². The highest BCUT2D eigenvalue weighted by Gasteiger charge is 2.26. The van der Waals surface area contributed by atoms with Gasteiger partial charge in [0.1, 0.15) is 28.7 Å². The maximum atomic E-state index is 13.9. The molecule has 47 heavy (non-hydrogen) atoms. The van der Waals surface area contributed by atoms with Crippen molar-refractivity contribution in [3.05, 3.63) is 112 Å². The smallest absolute Gasteiger partial charge is 0.278 e. The first-order chi connectivity index (χ1) is 22.4. The minimum atomic E-state index is -3.79. The molecule has 0 radical (unpaired) electrons. The lowest BCUT2D eigenvalue weighted by Crippen LogP contribution is -2.31. The summed E-state index contributed by atoms with van der Waals surface area (Å²) in [4.78, 5) is 27.1. The van der Waals surface area contributed by atoms with E-state index in [1.54, 1.807) is 24.3 Å². The van der Waals surface area contributed by atoms with E-state index in [1.165, 1.54) is 44.4 Å². The number of nitrogens with one attached hydrogen (secondary N) is 1. The van der Waals surface area contributed by atoms with Gasteiger partial charge in [0, 0.05) is 36.7 Å². The number of hydrogen-bond acceptors (Lipinski definition) is 8. The molecular weight excluding hydrogens is 625 g/mol. The van der Waals surface area contributed by atoms with E-state index < -0.39 is 40.0 Å².